The smallest absolute Gasteiger partial charge is 0.199 e. The highest BCUT2D eigenvalue weighted by Gasteiger charge is 2.16. The van der Waals surface area contributed by atoms with Crippen LogP contribution in [0.15, 0.2) is 138 Å². The Kier molecular flexibility index (Phi) is 5.72. The molecule has 7 aromatic rings. The molecule has 3 aromatic heterocycles. The van der Waals surface area contributed by atoms with Gasteiger partial charge in [0.1, 0.15) is 5.58 Å². The number of furan rings is 1. The molecule has 0 unspecified atom stereocenters. The van der Waals surface area contributed by atoms with Crippen LogP contribution in [0, 0.1) is 0 Å². The van der Waals surface area contributed by atoms with Gasteiger partial charge in [0.15, 0.2) is 23.2 Å². The molecular weight excluding hydrogens is 480 g/mol. The molecule has 0 saturated heterocycles. The third kappa shape index (κ3) is 4.58. The minimum atomic E-state index is 0.495. The summed E-state index contributed by atoms with van der Waals surface area (Å²) in [6, 6.07) is 40.6. The van der Waals surface area contributed by atoms with E-state index < -0.39 is 0 Å². The van der Waals surface area contributed by atoms with E-state index >= 15 is 0 Å². The first kappa shape index (κ1) is 22.8. The van der Waals surface area contributed by atoms with Crippen molar-refractivity contribution in [2.24, 2.45) is 0 Å². The number of para-hydroxylation sites is 1. The summed E-state index contributed by atoms with van der Waals surface area (Å²) >= 11 is 0. The van der Waals surface area contributed by atoms with Crippen molar-refractivity contribution < 1.29 is 4.42 Å². The number of hydrogen-bond acceptors (Lipinski definition) is 5. The highest BCUT2D eigenvalue weighted by atomic mass is 16.3. The van der Waals surface area contributed by atoms with E-state index in [1.807, 2.05) is 79.0 Å². The first-order chi connectivity index (χ1) is 19.3. The second-order valence-electron chi connectivity index (χ2n) is 9.22. The van der Waals surface area contributed by atoms with Crippen molar-refractivity contribution in [3.05, 3.63) is 134 Å². The molecule has 0 atom stereocenters. The van der Waals surface area contributed by atoms with Crippen LogP contribution in [-0.2, 0) is 0 Å². The van der Waals surface area contributed by atoms with Gasteiger partial charge in [-0.3, -0.25) is 4.98 Å². The molecule has 7 rings (SSSR count). The van der Waals surface area contributed by atoms with E-state index in [0.717, 1.165) is 44.3 Å². The fourth-order valence-electron chi connectivity index (χ4n) is 4.62. The molecule has 0 aliphatic heterocycles. The second kappa shape index (κ2) is 9.80. The maximum atomic E-state index is 6.13. The van der Waals surface area contributed by atoms with Gasteiger partial charge >= 0.3 is 0 Å². The van der Waals surface area contributed by atoms with Crippen LogP contribution >= 0.6 is 0 Å². The normalized spacial score (nSPS) is 11.1. The van der Waals surface area contributed by atoms with E-state index in [9.17, 15) is 0 Å². The first-order valence-electron chi connectivity index (χ1n) is 12.7. The van der Waals surface area contributed by atoms with Gasteiger partial charge in [-0.25, -0.2) is 15.0 Å². The quantitative estimate of drug-likeness (QED) is 0.237. The summed E-state index contributed by atoms with van der Waals surface area (Å²) in [5.74, 6) is 2.27. The molecule has 0 spiro atoms. The lowest BCUT2D eigenvalue weighted by atomic mass is 10.0. The van der Waals surface area contributed by atoms with Crippen LogP contribution in [0.2, 0.25) is 0 Å². The summed E-state index contributed by atoms with van der Waals surface area (Å²) in [5.41, 5.74) is 7.03. The number of aromatic nitrogens is 4. The zero-order valence-electron chi connectivity index (χ0n) is 20.9. The molecule has 4 aromatic carbocycles. The number of rotatable bonds is 5. The predicted molar refractivity (Wildman–Crippen MR) is 155 cm³/mol. The van der Waals surface area contributed by atoms with Gasteiger partial charge in [-0.05, 0) is 40.5 Å². The van der Waals surface area contributed by atoms with Crippen molar-refractivity contribution in [2.75, 3.05) is 0 Å². The number of nitrogens with zero attached hydrogens (tertiary/aromatic N) is 4. The molecule has 0 aliphatic carbocycles. The van der Waals surface area contributed by atoms with Gasteiger partial charge in [0.25, 0.3) is 0 Å². The zero-order valence-corrected chi connectivity index (χ0v) is 20.9. The molecule has 0 N–H and O–H groups in total. The Labute approximate surface area is 225 Å². The van der Waals surface area contributed by atoms with E-state index in [4.69, 9.17) is 19.4 Å². The highest BCUT2D eigenvalue weighted by molar-refractivity contribution is 5.82. The van der Waals surface area contributed by atoms with E-state index in [-0.39, 0.29) is 0 Å². The Hall–Kier alpha value is -5.42. The Morgan fingerprint density at radius 2 is 0.974 bits per heavy atom. The Bertz CT molecular complexity index is 1740. The molecule has 0 radical (unpaired) electrons. The lowest BCUT2D eigenvalue weighted by molar-refractivity contribution is 0.625. The largest absolute Gasteiger partial charge is 0.453 e. The topological polar surface area (TPSA) is 64.7 Å². The third-order valence-corrected chi connectivity index (χ3v) is 6.67. The minimum Gasteiger partial charge on any atom is -0.453 e. The molecular formula is C34H22N4O. The molecule has 0 amide bonds. The number of benzene rings is 4. The van der Waals surface area contributed by atoms with Crippen LogP contribution in [0.3, 0.4) is 0 Å². The van der Waals surface area contributed by atoms with Gasteiger partial charge in [0, 0.05) is 28.9 Å². The summed E-state index contributed by atoms with van der Waals surface area (Å²) in [6.07, 6.45) is 3.63. The SMILES string of the molecule is c1ccc(-c2ccc(-c3nc(-c4ccc(-c5cccnc5)cc4)nc(-c4cc5ccccc5o4)n3)cc2)cc1. The van der Waals surface area contributed by atoms with Crippen molar-refractivity contribution in [2.45, 2.75) is 0 Å². The summed E-state index contributed by atoms with van der Waals surface area (Å²) in [7, 11) is 0. The summed E-state index contributed by atoms with van der Waals surface area (Å²) in [6.45, 7) is 0. The maximum Gasteiger partial charge on any atom is 0.199 e. The van der Waals surface area contributed by atoms with Crippen molar-refractivity contribution in [1.29, 1.82) is 0 Å². The number of fused-ring (bicyclic) bond motifs is 1. The molecule has 5 heteroatoms. The fourth-order valence-corrected chi connectivity index (χ4v) is 4.62. The van der Waals surface area contributed by atoms with E-state index in [2.05, 4.69) is 53.5 Å². The van der Waals surface area contributed by atoms with Gasteiger partial charge in [-0.1, -0.05) is 103 Å². The monoisotopic (exact) mass is 502 g/mol. The van der Waals surface area contributed by atoms with E-state index in [1.165, 1.54) is 0 Å². The molecule has 0 fully saturated rings. The molecule has 0 saturated carbocycles. The van der Waals surface area contributed by atoms with Crippen LogP contribution in [0.5, 0.6) is 0 Å². The van der Waals surface area contributed by atoms with Gasteiger partial charge in [-0.2, -0.15) is 0 Å². The van der Waals surface area contributed by atoms with Crippen LogP contribution in [0.1, 0.15) is 0 Å². The maximum absolute atomic E-state index is 6.13. The first-order valence-corrected chi connectivity index (χ1v) is 12.7. The average molecular weight is 503 g/mol. The van der Waals surface area contributed by atoms with Crippen molar-refractivity contribution in [3.63, 3.8) is 0 Å². The van der Waals surface area contributed by atoms with Crippen LogP contribution < -0.4 is 0 Å². The van der Waals surface area contributed by atoms with Gasteiger partial charge < -0.3 is 4.42 Å². The number of pyridine rings is 1. The van der Waals surface area contributed by atoms with Crippen LogP contribution in [0.4, 0.5) is 0 Å². The van der Waals surface area contributed by atoms with Gasteiger partial charge in [0.2, 0.25) is 0 Å². The van der Waals surface area contributed by atoms with Gasteiger partial charge in [-0.15, -0.1) is 0 Å². The lowest BCUT2D eigenvalue weighted by Crippen LogP contribution is -1.99. The molecule has 184 valence electrons. The van der Waals surface area contributed by atoms with Crippen molar-refractivity contribution >= 4 is 11.0 Å². The van der Waals surface area contributed by atoms with E-state index in [0.29, 0.717) is 23.2 Å². The summed E-state index contributed by atoms with van der Waals surface area (Å²) in [5, 5.41) is 1.00. The Morgan fingerprint density at radius 3 is 1.62 bits per heavy atom. The summed E-state index contributed by atoms with van der Waals surface area (Å²) < 4.78 is 6.13. The van der Waals surface area contributed by atoms with Gasteiger partial charge in [0.05, 0.1) is 0 Å². The van der Waals surface area contributed by atoms with E-state index in [1.54, 1.807) is 6.20 Å². The molecule has 5 nitrogen and oxygen atoms in total. The van der Waals surface area contributed by atoms with Crippen LogP contribution in [-0.4, -0.2) is 19.9 Å². The summed E-state index contributed by atoms with van der Waals surface area (Å²) in [4.78, 5) is 18.8. The van der Waals surface area contributed by atoms with Crippen LogP contribution in [0.25, 0.3) is 67.6 Å². The number of hydrogen-bond donors (Lipinski definition) is 0. The lowest BCUT2D eigenvalue weighted by Gasteiger charge is -2.09. The fraction of sp³-hybridized carbons (Fsp3) is 0. The predicted octanol–water partition coefficient (Wildman–Crippen LogP) is 8.35. The zero-order chi connectivity index (χ0) is 26.0. The standard InChI is InChI=1S/C34H22N4O/c1-2-7-23(8-3-1)24-12-16-26(17-13-24)32-36-33(27-18-14-25(15-19-27)29-10-6-20-35-22-29)38-34(37-32)31-21-28-9-4-5-11-30(28)39-31/h1-22H. The van der Waals surface area contributed by atoms with Crippen molar-refractivity contribution in [1.82, 2.24) is 19.9 Å². The Morgan fingerprint density at radius 1 is 0.436 bits per heavy atom. The Balaban J connectivity index is 1.32. The molecule has 39 heavy (non-hydrogen) atoms. The average Bonchev–Trinajstić information content (AvgIpc) is 3.47. The highest BCUT2D eigenvalue weighted by Crippen LogP contribution is 2.30. The third-order valence-electron chi connectivity index (χ3n) is 6.67. The molecule has 0 bridgehead atoms. The molecule has 0 aliphatic rings. The molecule has 3 heterocycles. The minimum absolute atomic E-state index is 0.495. The second-order valence-corrected chi connectivity index (χ2v) is 9.22. The van der Waals surface area contributed by atoms with Crippen molar-refractivity contribution in [3.8, 4) is 56.6 Å².